The van der Waals surface area contributed by atoms with Crippen LogP contribution in [0.1, 0.15) is 18.4 Å². The molecule has 2 unspecified atom stereocenters. The zero-order valence-corrected chi connectivity index (χ0v) is 12.2. The second kappa shape index (κ2) is 5.85. The number of hydrogen-bond acceptors (Lipinski definition) is 4. The number of carbonyl (C=O) groups excluding carboxylic acids is 1. The van der Waals surface area contributed by atoms with Gasteiger partial charge in [0, 0.05) is 17.8 Å². The van der Waals surface area contributed by atoms with Crippen molar-refractivity contribution in [2.45, 2.75) is 23.3 Å². The molecule has 2 N–H and O–H groups in total. The Morgan fingerprint density at radius 1 is 1.50 bits per heavy atom. The van der Waals surface area contributed by atoms with Crippen molar-refractivity contribution in [1.82, 2.24) is 5.32 Å². The van der Waals surface area contributed by atoms with Crippen molar-refractivity contribution in [3.05, 3.63) is 29.8 Å². The summed E-state index contributed by atoms with van der Waals surface area (Å²) in [5.74, 6) is -1.06. The van der Waals surface area contributed by atoms with Crippen LogP contribution in [0.3, 0.4) is 0 Å². The first kappa shape index (κ1) is 14.9. The fourth-order valence-corrected chi connectivity index (χ4v) is 3.41. The van der Waals surface area contributed by atoms with Crippen LogP contribution in [0, 0.1) is 0 Å². The Kier molecular flexibility index (Phi) is 4.35. The van der Waals surface area contributed by atoms with Crippen LogP contribution in [0.25, 0.3) is 0 Å². The highest BCUT2D eigenvalue weighted by molar-refractivity contribution is 7.99. The minimum atomic E-state index is -1.41. The maximum Gasteiger partial charge on any atom is 0.331 e. The number of aliphatic carboxylic acids is 1. The van der Waals surface area contributed by atoms with Gasteiger partial charge in [-0.25, -0.2) is 4.79 Å². The highest BCUT2D eigenvalue weighted by atomic mass is 32.2. The van der Waals surface area contributed by atoms with E-state index in [1.165, 1.54) is 14.0 Å². The molecule has 0 spiro atoms. The average Bonchev–Trinajstić information content (AvgIpc) is 2.82. The molecule has 6 heteroatoms. The molecular formula is C14H17NO4S. The van der Waals surface area contributed by atoms with Gasteiger partial charge < -0.3 is 15.2 Å². The third-order valence-electron chi connectivity index (χ3n) is 3.32. The van der Waals surface area contributed by atoms with Crippen molar-refractivity contribution in [2.24, 2.45) is 0 Å². The van der Waals surface area contributed by atoms with Gasteiger partial charge in [-0.1, -0.05) is 18.2 Å². The molecule has 1 aromatic rings. The van der Waals surface area contributed by atoms with Crippen molar-refractivity contribution >= 4 is 23.6 Å². The third-order valence-corrected chi connectivity index (χ3v) is 4.50. The van der Waals surface area contributed by atoms with Crippen LogP contribution in [0.15, 0.2) is 29.2 Å². The van der Waals surface area contributed by atoms with Crippen LogP contribution in [0.4, 0.5) is 0 Å². The van der Waals surface area contributed by atoms with Gasteiger partial charge >= 0.3 is 5.97 Å². The Bertz CT molecular complexity index is 534. The summed E-state index contributed by atoms with van der Waals surface area (Å²) < 4.78 is 4.90. The fraction of sp³-hybridized carbons (Fsp3) is 0.429. The summed E-state index contributed by atoms with van der Waals surface area (Å²) in [5, 5.41) is 11.9. The van der Waals surface area contributed by atoms with Gasteiger partial charge in [-0.3, -0.25) is 4.79 Å². The van der Waals surface area contributed by atoms with Gasteiger partial charge in [0.05, 0.1) is 12.5 Å². The van der Waals surface area contributed by atoms with Crippen LogP contribution in [0.5, 0.6) is 0 Å². The van der Waals surface area contributed by atoms with Crippen LogP contribution in [-0.4, -0.2) is 42.0 Å². The van der Waals surface area contributed by atoms with Crippen molar-refractivity contribution in [2.75, 3.05) is 19.5 Å². The molecule has 0 aliphatic carbocycles. The van der Waals surface area contributed by atoms with Gasteiger partial charge in [0.25, 0.3) is 0 Å². The lowest BCUT2D eigenvalue weighted by Crippen LogP contribution is -2.56. The molecule has 1 heterocycles. The molecule has 5 nitrogen and oxygen atoms in total. The van der Waals surface area contributed by atoms with Gasteiger partial charge in [-0.05, 0) is 18.6 Å². The molecule has 1 aromatic carbocycles. The lowest BCUT2D eigenvalue weighted by Gasteiger charge is -2.26. The summed E-state index contributed by atoms with van der Waals surface area (Å²) in [7, 11) is 1.41. The van der Waals surface area contributed by atoms with Gasteiger partial charge in [0.15, 0.2) is 5.54 Å². The summed E-state index contributed by atoms with van der Waals surface area (Å²) in [5.41, 5.74) is -0.450. The van der Waals surface area contributed by atoms with E-state index in [1.807, 2.05) is 24.3 Å². The number of ether oxygens (including phenoxy) is 1. The Balaban J connectivity index is 2.15. The van der Waals surface area contributed by atoms with Gasteiger partial charge in [-0.15, -0.1) is 11.8 Å². The first-order valence-corrected chi connectivity index (χ1v) is 7.22. The predicted octanol–water partition coefficient (Wildman–Crippen LogP) is 1.48. The van der Waals surface area contributed by atoms with Crippen molar-refractivity contribution in [1.29, 1.82) is 0 Å². The topological polar surface area (TPSA) is 75.6 Å². The van der Waals surface area contributed by atoms with Crippen LogP contribution in [-0.2, 0) is 14.3 Å². The Morgan fingerprint density at radius 3 is 2.85 bits per heavy atom. The van der Waals surface area contributed by atoms with E-state index < -0.39 is 11.5 Å². The van der Waals surface area contributed by atoms with E-state index in [2.05, 4.69) is 5.32 Å². The largest absolute Gasteiger partial charge is 0.479 e. The number of rotatable bonds is 5. The molecule has 0 bridgehead atoms. The third kappa shape index (κ3) is 2.81. The molecule has 0 aromatic heterocycles. The molecular weight excluding hydrogens is 278 g/mol. The predicted molar refractivity (Wildman–Crippen MR) is 76.0 cm³/mol. The van der Waals surface area contributed by atoms with E-state index in [0.29, 0.717) is 5.75 Å². The Morgan fingerprint density at radius 2 is 2.20 bits per heavy atom. The molecule has 0 fully saturated rings. The molecule has 1 amide bonds. The highest BCUT2D eigenvalue weighted by Crippen LogP contribution is 2.39. The summed E-state index contributed by atoms with van der Waals surface area (Å²) in [6, 6.07) is 7.70. The Labute approximate surface area is 121 Å². The lowest BCUT2D eigenvalue weighted by atomic mass is 9.97. The molecule has 0 radical (unpaired) electrons. The number of fused-ring (bicyclic) bond motifs is 1. The maximum atomic E-state index is 12.4. The molecule has 0 saturated carbocycles. The van der Waals surface area contributed by atoms with E-state index in [9.17, 15) is 14.7 Å². The molecule has 2 atom stereocenters. The van der Waals surface area contributed by atoms with Gasteiger partial charge in [0.1, 0.15) is 0 Å². The number of methoxy groups -OCH3 is 1. The number of benzene rings is 1. The first-order chi connectivity index (χ1) is 9.48. The number of carboxylic acids is 1. The van der Waals surface area contributed by atoms with Crippen LogP contribution >= 0.6 is 11.8 Å². The number of nitrogens with one attached hydrogen (secondary N) is 1. The summed E-state index contributed by atoms with van der Waals surface area (Å²) in [6.45, 7) is 1.38. The quantitative estimate of drug-likeness (QED) is 0.860. The van der Waals surface area contributed by atoms with E-state index in [-0.39, 0.29) is 18.4 Å². The zero-order chi connectivity index (χ0) is 14.8. The highest BCUT2D eigenvalue weighted by Gasteiger charge is 2.38. The van der Waals surface area contributed by atoms with Crippen LogP contribution in [0.2, 0.25) is 0 Å². The number of amides is 1. The fourth-order valence-electron chi connectivity index (χ4n) is 2.18. The number of carbonyl (C=O) groups is 2. The summed E-state index contributed by atoms with van der Waals surface area (Å²) in [4.78, 5) is 24.7. The van der Waals surface area contributed by atoms with E-state index in [1.54, 1.807) is 11.8 Å². The summed E-state index contributed by atoms with van der Waals surface area (Å²) in [6.07, 6.45) is 0. The van der Waals surface area contributed by atoms with Crippen molar-refractivity contribution in [3.63, 3.8) is 0 Å². The first-order valence-electron chi connectivity index (χ1n) is 6.24. The van der Waals surface area contributed by atoms with Crippen molar-refractivity contribution < 1.29 is 19.4 Å². The second-order valence-electron chi connectivity index (χ2n) is 4.96. The molecule has 20 heavy (non-hydrogen) atoms. The minimum absolute atomic E-state index is 0.0738. The van der Waals surface area contributed by atoms with Crippen LogP contribution < -0.4 is 5.32 Å². The second-order valence-corrected chi connectivity index (χ2v) is 6.02. The molecule has 1 aliphatic rings. The molecule has 108 valence electrons. The Hall–Kier alpha value is -1.53. The van der Waals surface area contributed by atoms with E-state index in [4.69, 9.17) is 4.74 Å². The molecule has 0 saturated heterocycles. The SMILES string of the molecule is COCC(C)(NC(=O)C1CSc2ccccc21)C(=O)O. The number of hydrogen-bond donors (Lipinski definition) is 2. The summed E-state index contributed by atoms with van der Waals surface area (Å²) >= 11 is 1.61. The number of carboxylic acid groups (broad SMARTS) is 1. The van der Waals surface area contributed by atoms with E-state index in [0.717, 1.165) is 10.5 Å². The van der Waals surface area contributed by atoms with Gasteiger partial charge in [0.2, 0.25) is 5.91 Å². The lowest BCUT2D eigenvalue weighted by molar-refractivity contribution is -0.149. The normalized spacial score (nSPS) is 20.0. The molecule has 2 rings (SSSR count). The van der Waals surface area contributed by atoms with E-state index >= 15 is 0 Å². The monoisotopic (exact) mass is 295 g/mol. The maximum absolute atomic E-state index is 12.4. The zero-order valence-electron chi connectivity index (χ0n) is 11.4. The smallest absolute Gasteiger partial charge is 0.331 e. The average molecular weight is 295 g/mol. The number of thioether (sulfide) groups is 1. The molecule has 1 aliphatic heterocycles. The minimum Gasteiger partial charge on any atom is -0.479 e. The standard InChI is InChI=1S/C14H17NO4S/c1-14(8-19-2,13(17)18)15-12(16)10-7-20-11-6-4-3-5-9(10)11/h3-6,10H,7-8H2,1-2H3,(H,15,16)(H,17,18). The van der Waals surface area contributed by atoms with Crippen molar-refractivity contribution in [3.8, 4) is 0 Å². The van der Waals surface area contributed by atoms with Gasteiger partial charge in [-0.2, -0.15) is 0 Å².